The van der Waals surface area contributed by atoms with E-state index in [2.05, 4.69) is 10.3 Å². The van der Waals surface area contributed by atoms with E-state index in [1.165, 1.54) is 0 Å². The fourth-order valence-electron chi connectivity index (χ4n) is 2.76. The molecule has 0 unspecified atom stereocenters. The minimum Gasteiger partial charge on any atom is -0.380 e. The zero-order valence-corrected chi connectivity index (χ0v) is 11.8. The normalized spacial score (nSPS) is 22.4. The number of piperidine rings is 1. The van der Waals surface area contributed by atoms with Gasteiger partial charge < -0.3 is 9.64 Å². The Morgan fingerprint density at radius 3 is 2.60 bits per heavy atom. The number of likely N-dealkylation sites (tertiary alicyclic amines) is 1. The van der Waals surface area contributed by atoms with Gasteiger partial charge in [-0.1, -0.05) is 0 Å². The van der Waals surface area contributed by atoms with Gasteiger partial charge in [-0.05, 0) is 19.3 Å². The van der Waals surface area contributed by atoms with Gasteiger partial charge in [0, 0.05) is 38.7 Å². The molecule has 2 aliphatic rings. The number of nitrogens with two attached hydrogens (primary N) is 1. The van der Waals surface area contributed by atoms with E-state index < -0.39 is 0 Å². The van der Waals surface area contributed by atoms with Crippen LogP contribution in [0, 0.1) is 5.92 Å². The lowest BCUT2D eigenvalue weighted by Crippen LogP contribution is -2.47. The van der Waals surface area contributed by atoms with Crippen LogP contribution in [-0.4, -0.2) is 67.6 Å². The summed E-state index contributed by atoms with van der Waals surface area (Å²) in [7, 11) is 0. The molecule has 7 heteroatoms. The number of hydrogen-bond acceptors (Lipinski definition) is 5. The minimum absolute atomic E-state index is 0.0596. The average Bonchev–Trinajstić information content (AvgIpc) is 2.75. The zero-order valence-electron chi connectivity index (χ0n) is 11.8. The maximum atomic E-state index is 12.2. The van der Waals surface area contributed by atoms with Gasteiger partial charge in [0.1, 0.15) is 0 Å². The molecule has 0 aromatic heterocycles. The predicted molar refractivity (Wildman–Crippen MR) is 73.5 cm³/mol. The second-order valence-corrected chi connectivity index (χ2v) is 5.41. The summed E-state index contributed by atoms with van der Waals surface area (Å²) < 4.78 is 5.38. The van der Waals surface area contributed by atoms with Crippen molar-refractivity contribution < 1.29 is 14.3 Å². The van der Waals surface area contributed by atoms with Crippen LogP contribution in [0.2, 0.25) is 0 Å². The van der Waals surface area contributed by atoms with E-state index in [1.807, 2.05) is 4.90 Å². The third-order valence-electron chi connectivity index (χ3n) is 4.03. The summed E-state index contributed by atoms with van der Waals surface area (Å²) in [5, 5.41) is 0. The Kier molecular flexibility index (Phi) is 5.75. The predicted octanol–water partition coefficient (Wildman–Crippen LogP) is -1.06. The first kappa shape index (κ1) is 15.2. The van der Waals surface area contributed by atoms with Gasteiger partial charge in [0.05, 0.1) is 13.2 Å². The van der Waals surface area contributed by atoms with Crippen LogP contribution < -0.4 is 11.3 Å². The van der Waals surface area contributed by atoms with Crippen LogP contribution in [0.4, 0.5) is 0 Å². The molecule has 0 bridgehead atoms. The molecule has 2 amide bonds. The molecular formula is C13H24N4O3. The number of nitrogens with one attached hydrogen (secondary N) is 1. The van der Waals surface area contributed by atoms with Crippen LogP contribution >= 0.6 is 0 Å². The van der Waals surface area contributed by atoms with E-state index in [9.17, 15) is 9.59 Å². The van der Waals surface area contributed by atoms with E-state index >= 15 is 0 Å². The Hall–Kier alpha value is -1.18. The molecular weight excluding hydrogens is 260 g/mol. The molecule has 0 spiro atoms. The first-order chi connectivity index (χ1) is 9.70. The molecule has 2 aliphatic heterocycles. The van der Waals surface area contributed by atoms with Crippen LogP contribution in [0.5, 0.6) is 0 Å². The van der Waals surface area contributed by atoms with Crippen LogP contribution in [0.3, 0.4) is 0 Å². The van der Waals surface area contributed by atoms with E-state index in [0.717, 1.165) is 26.1 Å². The van der Waals surface area contributed by atoms with E-state index in [0.29, 0.717) is 39.1 Å². The topological polar surface area (TPSA) is 87.9 Å². The number of hydrazine groups is 1. The number of nitrogens with zero attached hydrogens (tertiary/aromatic N) is 2. The van der Waals surface area contributed by atoms with Crippen molar-refractivity contribution >= 4 is 11.8 Å². The Morgan fingerprint density at radius 2 is 1.90 bits per heavy atom. The van der Waals surface area contributed by atoms with Crippen molar-refractivity contribution in [1.29, 1.82) is 0 Å². The number of carbonyl (C=O) groups is 2. The molecule has 3 N–H and O–H groups in total. The van der Waals surface area contributed by atoms with Crippen LogP contribution in [0.15, 0.2) is 0 Å². The zero-order chi connectivity index (χ0) is 14.4. The van der Waals surface area contributed by atoms with Gasteiger partial charge in [0.25, 0.3) is 0 Å². The van der Waals surface area contributed by atoms with Gasteiger partial charge in [0.2, 0.25) is 11.8 Å². The minimum atomic E-state index is -0.123. The third-order valence-corrected chi connectivity index (χ3v) is 4.03. The second-order valence-electron chi connectivity index (χ2n) is 5.41. The van der Waals surface area contributed by atoms with Crippen molar-refractivity contribution in [1.82, 2.24) is 15.2 Å². The van der Waals surface area contributed by atoms with Crippen molar-refractivity contribution in [3.63, 3.8) is 0 Å². The summed E-state index contributed by atoms with van der Waals surface area (Å²) >= 11 is 0. The molecule has 2 saturated heterocycles. The smallest absolute Gasteiger partial charge is 0.237 e. The van der Waals surface area contributed by atoms with Crippen molar-refractivity contribution in [2.45, 2.75) is 19.3 Å². The molecule has 2 fully saturated rings. The molecule has 0 aromatic carbocycles. The van der Waals surface area contributed by atoms with Gasteiger partial charge in [-0.2, -0.15) is 0 Å². The number of rotatable bonds is 3. The highest BCUT2D eigenvalue weighted by molar-refractivity contribution is 5.80. The number of amides is 2. The highest BCUT2D eigenvalue weighted by Crippen LogP contribution is 2.17. The molecule has 2 heterocycles. The Balaban J connectivity index is 1.75. The average molecular weight is 284 g/mol. The van der Waals surface area contributed by atoms with Gasteiger partial charge in [-0.15, -0.1) is 0 Å². The molecule has 0 radical (unpaired) electrons. The van der Waals surface area contributed by atoms with E-state index in [1.54, 1.807) is 0 Å². The summed E-state index contributed by atoms with van der Waals surface area (Å²) in [6.07, 6.45) is 2.36. The Bertz CT molecular complexity index is 335. The number of ether oxygens (including phenoxy) is 1. The molecule has 2 rings (SSSR count). The largest absolute Gasteiger partial charge is 0.380 e. The summed E-state index contributed by atoms with van der Waals surface area (Å²) in [6.45, 7) is 4.95. The highest BCUT2D eigenvalue weighted by atomic mass is 16.5. The SMILES string of the molecule is NNC(=O)C1CCN(C(=O)CN2CCCOCC2)CC1. The maximum Gasteiger partial charge on any atom is 0.237 e. The second kappa shape index (κ2) is 7.56. The summed E-state index contributed by atoms with van der Waals surface area (Å²) in [6, 6.07) is 0. The van der Waals surface area contributed by atoms with Gasteiger partial charge >= 0.3 is 0 Å². The first-order valence-corrected chi connectivity index (χ1v) is 7.29. The lowest BCUT2D eigenvalue weighted by atomic mass is 9.96. The Labute approximate surface area is 119 Å². The van der Waals surface area contributed by atoms with E-state index in [4.69, 9.17) is 10.6 Å². The van der Waals surface area contributed by atoms with Gasteiger partial charge in [-0.25, -0.2) is 5.84 Å². The van der Waals surface area contributed by atoms with Gasteiger partial charge in [0.15, 0.2) is 0 Å². The molecule has 7 nitrogen and oxygen atoms in total. The fourth-order valence-corrected chi connectivity index (χ4v) is 2.76. The highest BCUT2D eigenvalue weighted by Gasteiger charge is 2.27. The van der Waals surface area contributed by atoms with Crippen molar-refractivity contribution in [3.05, 3.63) is 0 Å². The van der Waals surface area contributed by atoms with Crippen molar-refractivity contribution in [2.24, 2.45) is 11.8 Å². The number of hydrogen-bond donors (Lipinski definition) is 2. The number of carbonyl (C=O) groups excluding carboxylic acids is 2. The lowest BCUT2D eigenvalue weighted by Gasteiger charge is -2.32. The van der Waals surface area contributed by atoms with E-state index in [-0.39, 0.29) is 17.7 Å². The summed E-state index contributed by atoms with van der Waals surface area (Å²) in [5.41, 5.74) is 2.19. The third kappa shape index (κ3) is 4.16. The molecule has 0 aromatic rings. The van der Waals surface area contributed by atoms with Gasteiger partial charge in [-0.3, -0.25) is 19.9 Å². The van der Waals surface area contributed by atoms with Crippen LogP contribution in [0.1, 0.15) is 19.3 Å². The molecule has 20 heavy (non-hydrogen) atoms. The van der Waals surface area contributed by atoms with Crippen LogP contribution in [0.25, 0.3) is 0 Å². The molecule has 0 aliphatic carbocycles. The maximum absolute atomic E-state index is 12.2. The summed E-state index contributed by atoms with van der Waals surface area (Å²) in [5.74, 6) is 5.11. The Morgan fingerprint density at radius 1 is 1.15 bits per heavy atom. The lowest BCUT2D eigenvalue weighted by molar-refractivity contribution is -0.136. The summed E-state index contributed by atoms with van der Waals surface area (Å²) in [4.78, 5) is 27.7. The quantitative estimate of drug-likeness (QED) is 0.392. The van der Waals surface area contributed by atoms with Crippen molar-refractivity contribution in [2.75, 3.05) is 45.9 Å². The van der Waals surface area contributed by atoms with Crippen molar-refractivity contribution in [3.8, 4) is 0 Å². The fraction of sp³-hybridized carbons (Fsp3) is 0.846. The van der Waals surface area contributed by atoms with Crippen LogP contribution in [-0.2, 0) is 14.3 Å². The monoisotopic (exact) mass is 284 g/mol. The first-order valence-electron chi connectivity index (χ1n) is 7.29. The molecule has 0 atom stereocenters. The standard InChI is InChI=1S/C13H24N4O3/c14-15-13(19)11-2-5-17(6-3-11)12(18)10-16-4-1-8-20-9-7-16/h11H,1-10,14H2,(H,15,19). The molecule has 0 saturated carbocycles. The molecule has 114 valence electrons.